The van der Waals surface area contributed by atoms with Crippen molar-refractivity contribution in [2.24, 2.45) is 0 Å². The molecular weight excluding hydrogens is 436 g/mol. The summed E-state index contributed by atoms with van der Waals surface area (Å²) in [6, 6.07) is 24.9. The van der Waals surface area contributed by atoms with Gasteiger partial charge >= 0.3 is 5.97 Å². The Morgan fingerprint density at radius 2 is 1.29 bits per heavy atom. The first-order valence-electron chi connectivity index (χ1n) is 11.1. The van der Waals surface area contributed by atoms with Crippen LogP contribution in [0, 0.1) is 0 Å². The fourth-order valence-electron chi connectivity index (χ4n) is 3.49. The molecule has 178 valence electrons. The second-order valence-corrected chi connectivity index (χ2v) is 7.91. The molecule has 34 heavy (non-hydrogen) atoms. The average Bonchev–Trinajstić information content (AvgIpc) is 2.88. The van der Waals surface area contributed by atoms with Gasteiger partial charge in [-0.3, -0.25) is 0 Å². The maximum Gasteiger partial charge on any atom is 0.366 e. The van der Waals surface area contributed by atoms with E-state index in [9.17, 15) is 4.79 Å². The third kappa shape index (κ3) is 6.07. The van der Waals surface area contributed by atoms with Crippen molar-refractivity contribution in [1.82, 2.24) is 0 Å². The molecule has 0 aromatic heterocycles. The highest BCUT2D eigenvalue weighted by atomic mass is 16.7. The maximum atomic E-state index is 11.8. The van der Waals surface area contributed by atoms with Gasteiger partial charge in [0.15, 0.2) is 0 Å². The quantitative estimate of drug-likeness (QED) is 0.327. The van der Waals surface area contributed by atoms with Crippen molar-refractivity contribution in [3.05, 3.63) is 84.4 Å². The molecule has 0 saturated carbocycles. The highest BCUT2D eigenvalue weighted by Crippen LogP contribution is 2.29. The minimum Gasteiger partial charge on any atom is -0.490 e. The minimum atomic E-state index is -1.34. The Morgan fingerprint density at radius 1 is 0.794 bits per heavy atom. The summed E-state index contributed by atoms with van der Waals surface area (Å²) in [4.78, 5) is 11.8. The van der Waals surface area contributed by atoms with Crippen molar-refractivity contribution in [1.29, 1.82) is 0 Å². The Bertz CT molecular complexity index is 1040. The molecule has 3 aromatic carbocycles. The predicted molar refractivity (Wildman–Crippen MR) is 125 cm³/mol. The molecule has 0 atom stereocenters. The van der Waals surface area contributed by atoms with E-state index in [4.69, 9.17) is 28.4 Å². The van der Waals surface area contributed by atoms with Gasteiger partial charge in [0.25, 0.3) is 5.79 Å². The van der Waals surface area contributed by atoms with Crippen LogP contribution in [0.25, 0.3) is 0 Å². The van der Waals surface area contributed by atoms with Crippen LogP contribution in [0.4, 0.5) is 0 Å². The van der Waals surface area contributed by atoms with Crippen LogP contribution in [0.1, 0.15) is 18.4 Å². The number of esters is 1. The van der Waals surface area contributed by atoms with Crippen molar-refractivity contribution in [2.45, 2.75) is 18.6 Å². The van der Waals surface area contributed by atoms with Gasteiger partial charge in [0, 0.05) is 12.8 Å². The highest BCUT2D eigenvalue weighted by Gasteiger charge is 2.41. The Kier molecular flexibility index (Phi) is 7.67. The summed E-state index contributed by atoms with van der Waals surface area (Å²) in [5.41, 5.74) is 1.05. The molecular formula is C27H28O7. The maximum absolute atomic E-state index is 11.8. The molecule has 1 fully saturated rings. The summed E-state index contributed by atoms with van der Waals surface area (Å²) in [5.74, 6) is 1.19. The second kappa shape index (κ2) is 11.0. The summed E-state index contributed by atoms with van der Waals surface area (Å²) in [6.45, 7) is 3.14. The monoisotopic (exact) mass is 464 g/mol. The number of rotatable bonds is 9. The van der Waals surface area contributed by atoms with Crippen LogP contribution < -0.4 is 14.2 Å². The molecule has 0 N–H and O–H groups in total. The van der Waals surface area contributed by atoms with Crippen molar-refractivity contribution in [3.8, 4) is 23.0 Å². The lowest BCUT2D eigenvalue weighted by Gasteiger charge is -2.35. The first kappa shape index (κ1) is 23.6. The van der Waals surface area contributed by atoms with Crippen LogP contribution in [-0.2, 0) is 19.0 Å². The van der Waals surface area contributed by atoms with Crippen LogP contribution in [0.3, 0.4) is 0 Å². The molecule has 7 heteroatoms. The zero-order valence-electron chi connectivity index (χ0n) is 19.3. The van der Waals surface area contributed by atoms with Crippen molar-refractivity contribution in [3.63, 3.8) is 0 Å². The molecule has 0 amide bonds. The Hall–Kier alpha value is -3.55. The standard InChI is InChI=1S/C27H28O7/c1-27(26(28)29-2)32-18-21(19-33-27)20-8-10-22(11-9-20)30-16-17-31-23-12-14-25(15-13-23)34-24-6-4-3-5-7-24/h3-15,21H,16-19H2,1-2H3. The number of para-hydroxylation sites is 1. The molecule has 1 saturated heterocycles. The van der Waals surface area contributed by atoms with Gasteiger partial charge in [0.05, 0.1) is 20.3 Å². The number of hydrogen-bond acceptors (Lipinski definition) is 7. The molecule has 4 rings (SSSR count). The second-order valence-electron chi connectivity index (χ2n) is 7.91. The topological polar surface area (TPSA) is 72.5 Å². The van der Waals surface area contributed by atoms with E-state index in [1.165, 1.54) is 7.11 Å². The summed E-state index contributed by atoms with van der Waals surface area (Å²) in [7, 11) is 1.31. The Morgan fingerprint density at radius 3 is 1.85 bits per heavy atom. The largest absolute Gasteiger partial charge is 0.490 e. The van der Waals surface area contributed by atoms with E-state index in [1.807, 2.05) is 78.9 Å². The number of methoxy groups -OCH3 is 1. The van der Waals surface area contributed by atoms with E-state index in [0.717, 1.165) is 28.6 Å². The molecule has 0 bridgehead atoms. The van der Waals surface area contributed by atoms with Crippen LogP contribution >= 0.6 is 0 Å². The lowest BCUT2D eigenvalue weighted by molar-refractivity contribution is -0.264. The van der Waals surface area contributed by atoms with Gasteiger partial charge in [-0.25, -0.2) is 4.79 Å². The van der Waals surface area contributed by atoms with Crippen molar-refractivity contribution < 1.29 is 33.2 Å². The molecule has 1 aliphatic rings. The normalized spacial score (nSPS) is 19.8. The summed E-state index contributed by atoms with van der Waals surface area (Å²) in [5, 5.41) is 0. The summed E-state index contributed by atoms with van der Waals surface area (Å²) >= 11 is 0. The molecule has 0 unspecified atom stereocenters. The third-order valence-electron chi connectivity index (χ3n) is 5.45. The minimum absolute atomic E-state index is 0.0314. The molecule has 0 radical (unpaired) electrons. The lowest BCUT2D eigenvalue weighted by Crippen LogP contribution is -2.47. The van der Waals surface area contributed by atoms with Gasteiger partial charge in [0.1, 0.15) is 36.2 Å². The number of carbonyl (C=O) groups is 1. The van der Waals surface area contributed by atoms with E-state index >= 15 is 0 Å². The van der Waals surface area contributed by atoms with Gasteiger partial charge in [-0.1, -0.05) is 30.3 Å². The van der Waals surface area contributed by atoms with E-state index in [2.05, 4.69) is 0 Å². The van der Waals surface area contributed by atoms with Crippen LogP contribution in [0.15, 0.2) is 78.9 Å². The van der Waals surface area contributed by atoms with Gasteiger partial charge < -0.3 is 28.4 Å². The lowest BCUT2D eigenvalue weighted by atomic mass is 9.99. The van der Waals surface area contributed by atoms with Gasteiger partial charge in [-0.05, 0) is 54.1 Å². The van der Waals surface area contributed by atoms with Gasteiger partial charge in [-0.15, -0.1) is 0 Å². The molecule has 7 nitrogen and oxygen atoms in total. The first-order valence-corrected chi connectivity index (χ1v) is 11.1. The first-order chi connectivity index (χ1) is 16.6. The van der Waals surface area contributed by atoms with Crippen LogP contribution in [0.5, 0.6) is 23.0 Å². The fraction of sp³-hybridized carbons (Fsp3) is 0.296. The molecule has 1 aliphatic heterocycles. The number of ether oxygens (including phenoxy) is 6. The number of hydrogen-bond donors (Lipinski definition) is 0. The SMILES string of the molecule is COC(=O)C1(C)OCC(c2ccc(OCCOc3ccc(Oc4ccccc4)cc3)cc2)CO1. The molecule has 3 aromatic rings. The van der Waals surface area contributed by atoms with Crippen molar-refractivity contribution in [2.75, 3.05) is 33.5 Å². The highest BCUT2D eigenvalue weighted by molar-refractivity contribution is 5.77. The molecule has 1 heterocycles. The van der Waals surface area contributed by atoms with Crippen LogP contribution in [0.2, 0.25) is 0 Å². The van der Waals surface area contributed by atoms with Gasteiger partial charge in [-0.2, -0.15) is 0 Å². The van der Waals surface area contributed by atoms with E-state index in [-0.39, 0.29) is 5.92 Å². The summed E-state index contributed by atoms with van der Waals surface area (Å²) in [6.07, 6.45) is 0. The third-order valence-corrected chi connectivity index (χ3v) is 5.45. The predicted octanol–water partition coefficient (Wildman–Crippen LogP) is 4.96. The summed E-state index contributed by atoms with van der Waals surface area (Å²) < 4.78 is 33.3. The Balaban J connectivity index is 1.18. The van der Waals surface area contributed by atoms with E-state index in [1.54, 1.807) is 6.92 Å². The number of carbonyl (C=O) groups excluding carboxylic acids is 1. The van der Waals surface area contributed by atoms with E-state index in [0.29, 0.717) is 26.4 Å². The zero-order chi connectivity index (χ0) is 23.8. The molecule has 0 spiro atoms. The van der Waals surface area contributed by atoms with Crippen LogP contribution in [-0.4, -0.2) is 45.3 Å². The number of benzene rings is 3. The zero-order valence-corrected chi connectivity index (χ0v) is 19.3. The Labute approximate surface area is 199 Å². The smallest absolute Gasteiger partial charge is 0.366 e. The fourth-order valence-corrected chi connectivity index (χ4v) is 3.49. The average molecular weight is 465 g/mol. The van der Waals surface area contributed by atoms with Crippen molar-refractivity contribution >= 4 is 5.97 Å². The van der Waals surface area contributed by atoms with E-state index < -0.39 is 11.8 Å². The van der Waals surface area contributed by atoms with Gasteiger partial charge in [0.2, 0.25) is 0 Å². The molecule has 0 aliphatic carbocycles.